The predicted octanol–water partition coefficient (Wildman–Crippen LogP) is 6.37. The summed E-state index contributed by atoms with van der Waals surface area (Å²) in [6.45, 7) is 4.60. The van der Waals surface area contributed by atoms with E-state index in [9.17, 15) is 9.59 Å². The SMILES string of the molecule is C.NC(=O)c1ccc(Oc2ccc3c(c2)CCN(C2CCC2)CC3)nc1.[11CH3]NC(=O)c1ccc(Oc2ccc3c(c2)CCN(C2CCC2)CC3)nc1.[B]. The fourth-order valence-corrected chi connectivity index (χ4v) is 7.35. The van der Waals surface area contributed by atoms with Gasteiger partial charge in [-0.1, -0.05) is 32.4 Å². The Hall–Kier alpha value is -4.74. The topological polar surface area (TPSA) is 123 Å². The fraction of sp³-hybridized carbons (Fsp3) is 0.429. The van der Waals surface area contributed by atoms with E-state index >= 15 is 0 Å². The van der Waals surface area contributed by atoms with Gasteiger partial charge in [0.1, 0.15) is 11.5 Å². The number of nitrogens with one attached hydrogen (secondary N) is 1. The average Bonchev–Trinajstić information content (AvgIpc) is 3.44. The quantitative estimate of drug-likeness (QED) is 0.202. The van der Waals surface area contributed by atoms with Gasteiger partial charge in [-0.2, -0.15) is 0 Å². The number of amides is 2. The molecular weight excluding hydrogens is 662 g/mol. The highest BCUT2D eigenvalue weighted by atomic mass is 16.5. The molecule has 8 rings (SSSR count). The second kappa shape index (κ2) is 18.3. The number of fused-ring (bicyclic) bond motifs is 2. The Labute approximate surface area is 316 Å². The monoisotopic (exact) mass is 714 g/mol. The predicted molar refractivity (Wildman–Crippen MR) is 209 cm³/mol. The molecule has 53 heavy (non-hydrogen) atoms. The van der Waals surface area contributed by atoms with Gasteiger partial charge in [-0.15, -0.1) is 0 Å². The molecule has 11 heteroatoms. The summed E-state index contributed by atoms with van der Waals surface area (Å²) in [5, 5.41) is 2.59. The Morgan fingerprint density at radius 1 is 0.660 bits per heavy atom. The molecule has 0 atom stereocenters. The zero-order chi connectivity index (χ0) is 35.2. The Kier molecular flexibility index (Phi) is 13.7. The number of ether oxygens (including phenoxy) is 2. The van der Waals surface area contributed by atoms with E-state index in [2.05, 4.69) is 49.4 Å². The van der Waals surface area contributed by atoms with E-state index in [1.165, 1.54) is 79.7 Å². The van der Waals surface area contributed by atoms with E-state index in [0.717, 1.165) is 68.9 Å². The van der Waals surface area contributed by atoms with Gasteiger partial charge in [0.05, 0.1) is 11.1 Å². The lowest BCUT2D eigenvalue weighted by Gasteiger charge is -2.36. The van der Waals surface area contributed by atoms with Crippen molar-refractivity contribution in [2.75, 3.05) is 33.2 Å². The normalized spacial score (nSPS) is 17.2. The minimum atomic E-state index is -0.486. The molecule has 2 aromatic heterocycles. The first-order valence-corrected chi connectivity index (χ1v) is 18.4. The summed E-state index contributed by atoms with van der Waals surface area (Å²) in [5.74, 6) is 1.93. The maximum Gasteiger partial charge on any atom is 0.252 e. The lowest BCUT2D eigenvalue weighted by atomic mass is 9.91. The van der Waals surface area contributed by atoms with E-state index in [-0.39, 0.29) is 21.7 Å². The molecule has 2 aromatic carbocycles. The summed E-state index contributed by atoms with van der Waals surface area (Å²) in [6.07, 6.45) is 15.6. The minimum absolute atomic E-state index is 0. The maximum atomic E-state index is 11.6. The molecule has 3 N–H and O–H groups in total. The summed E-state index contributed by atoms with van der Waals surface area (Å²) in [6, 6.07) is 21.0. The fourth-order valence-electron chi connectivity index (χ4n) is 7.35. The smallest absolute Gasteiger partial charge is 0.252 e. The molecule has 3 radical (unpaired) electrons. The number of aromatic nitrogens is 2. The van der Waals surface area contributed by atoms with Crippen LogP contribution in [0.4, 0.5) is 0 Å². The van der Waals surface area contributed by atoms with Gasteiger partial charge in [-0.05, 0) is 110 Å². The van der Waals surface area contributed by atoms with Crippen LogP contribution in [-0.4, -0.2) is 85.3 Å². The number of carbonyl (C=O) groups excluding carboxylic acids is 2. The van der Waals surface area contributed by atoms with Gasteiger partial charge in [0.2, 0.25) is 17.7 Å². The highest BCUT2D eigenvalue weighted by Crippen LogP contribution is 2.31. The van der Waals surface area contributed by atoms with Crippen molar-refractivity contribution in [3.8, 4) is 23.3 Å². The number of pyridine rings is 2. The van der Waals surface area contributed by atoms with Gasteiger partial charge in [-0.3, -0.25) is 19.4 Å². The molecule has 2 amide bonds. The van der Waals surface area contributed by atoms with Crippen molar-refractivity contribution in [1.82, 2.24) is 25.1 Å². The number of carbonyl (C=O) groups is 2. The number of benzene rings is 2. The highest BCUT2D eigenvalue weighted by Gasteiger charge is 2.27. The van der Waals surface area contributed by atoms with Crippen LogP contribution in [0, 0.1) is 0 Å². The molecule has 2 aliphatic carbocycles. The van der Waals surface area contributed by atoms with Crippen molar-refractivity contribution < 1.29 is 19.1 Å². The van der Waals surface area contributed by atoms with Crippen molar-refractivity contribution >= 4 is 20.2 Å². The van der Waals surface area contributed by atoms with E-state index in [4.69, 9.17) is 15.2 Å². The van der Waals surface area contributed by atoms with Crippen molar-refractivity contribution in [3.05, 3.63) is 106 Å². The molecule has 0 unspecified atom stereocenters. The molecule has 2 saturated carbocycles. The number of nitrogens with zero attached hydrogens (tertiary/aromatic N) is 4. The number of hydrogen-bond acceptors (Lipinski definition) is 8. The maximum absolute atomic E-state index is 11.6. The lowest BCUT2D eigenvalue weighted by molar-refractivity contribution is 0.0961. The van der Waals surface area contributed by atoms with Crippen LogP contribution in [0.25, 0.3) is 0 Å². The molecule has 10 nitrogen and oxygen atoms in total. The Balaban J connectivity index is 0.000000197. The average molecular weight is 715 g/mol. The molecule has 4 aliphatic rings. The zero-order valence-corrected chi connectivity index (χ0v) is 30.1. The van der Waals surface area contributed by atoms with Crippen LogP contribution in [0.5, 0.6) is 23.3 Å². The van der Waals surface area contributed by atoms with Gasteiger partial charge in [0.15, 0.2) is 0 Å². The number of hydrogen-bond donors (Lipinski definition) is 2. The summed E-state index contributed by atoms with van der Waals surface area (Å²) in [4.78, 5) is 36.4. The van der Waals surface area contributed by atoms with Crippen LogP contribution in [0.15, 0.2) is 73.1 Å². The molecular formula is C42H52BN6O4. The first-order valence-electron chi connectivity index (χ1n) is 18.4. The second-order valence-corrected chi connectivity index (χ2v) is 14.0. The van der Waals surface area contributed by atoms with Gasteiger partial charge < -0.3 is 20.5 Å². The van der Waals surface area contributed by atoms with E-state index < -0.39 is 5.91 Å². The van der Waals surface area contributed by atoms with Crippen LogP contribution in [0.2, 0.25) is 0 Å². The summed E-state index contributed by atoms with van der Waals surface area (Å²) < 4.78 is 11.8. The largest absolute Gasteiger partial charge is 0.439 e. The molecule has 4 aromatic rings. The second-order valence-electron chi connectivity index (χ2n) is 14.0. The standard InChI is InChI=1S/C21H25N3O2.C20H23N3O2.CH4.B/c1-22-21(25)17-6-8-20(23-14-17)26-19-7-5-15-9-11-24(18-3-2-4-18)12-10-16(15)13-19;21-20(24)16-5-7-19(22-13-16)25-18-6-4-14-8-10-23(17-2-1-3-17)11-9-15(14)12-18;;/h5-8,13-14,18H,2-4,9-12H2,1H3,(H,22,25);4-7,12-13,17H,1-3,8-11H2,(H2,21,24);1H4;/i1-1;;;. The van der Waals surface area contributed by atoms with Crippen LogP contribution in [0.3, 0.4) is 0 Å². The van der Waals surface area contributed by atoms with Gasteiger partial charge in [0.25, 0.3) is 5.91 Å². The molecule has 2 fully saturated rings. The summed E-state index contributed by atoms with van der Waals surface area (Å²) >= 11 is 0. The Morgan fingerprint density at radius 2 is 1.09 bits per heavy atom. The number of primary amides is 1. The molecule has 277 valence electrons. The van der Waals surface area contributed by atoms with Crippen molar-refractivity contribution in [2.45, 2.75) is 83.7 Å². The van der Waals surface area contributed by atoms with Crippen LogP contribution in [0.1, 0.15) is 88.9 Å². The van der Waals surface area contributed by atoms with Gasteiger partial charge in [-0.25, -0.2) is 9.97 Å². The molecule has 4 heterocycles. The number of nitrogens with two attached hydrogens (primary N) is 1. The van der Waals surface area contributed by atoms with Crippen LogP contribution >= 0.6 is 0 Å². The Morgan fingerprint density at radius 3 is 1.45 bits per heavy atom. The summed E-state index contributed by atoms with van der Waals surface area (Å²) in [5.41, 5.74) is 11.7. The third kappa shape index (κ3) is 9.83. The van der Waals surface area contributed by atoms with E-state index in [1.54, 1.807) is 31.3 Å². The third-order valence-electron chi connectivity index (χ3n) is 10.9. The van der Waals surface area contributed by atoms with E-state index in [0.29, 0.717) is 22.9 Å². The van der Waals surface area contributed by atoms with Crippen LogP contribution in [-0.2, 0) is 25.7 Å². The third-order valence-corrected chi connectivity index (χ3v) is 10.9. The van der Waals surface area contributed by atoms with Gasteiger partial charge >= 0.3 is 0 Å². The lowest BCUT2D eigenvalue weighted by Crippen LogP contribution is -2.41. The summed E-state index contributed by atoms with van der Waals surface area (Å²) in [7, 11) is 1.61. The molecule has 0 saturated heterocycles. The van der Waals surface area contributed by atoms with Crippen molar-refractivity contribution in [3.63, 3.8) is 0 Å². The zero-order valence-electron chi connectivity index (χ0n) is 30.1. The first-order chi connectivity index (χ1) is 24.9. The molecule has 0 spiro atoms. The minimum Gasteiger partial charge on any atom is -0.439 e. The Bertz CT molecular complexity index is 1830. The van der Waals surface area contributed by atoms with E-state index in [1.807, 2.05) is 12.1 Å². The van der Waals surface area contributed by atoms with Crippen molar-refractivity contribution in [2.24, 2.45) is 5.73 Å². The van der Waals surface area contributed by atoms with Crippen molar-refractivity contribution in [1.29, 1.82) is 0 Å². The van der Waals surface area contributed by atoms with Crippen LogP contribution < -0.4 is 20.5 Å². The first kappa shape index (κ1) is 39.5. The van der Waals surface area contributed by atoms with Gasteiger partial charge in [0, 0.05) is 78.2 Å². The highest BCUT2D eigenvalue weighted by molar-refractivity contribution is 5.93. The molecule has 2 aliphatic heterocycles. The molecule has 0 bridgehead atoms. The number of rotatable bonds is 8.